The molecule has 4 nitrogen and oxygen atoms in total. The monoisotopic (exact) mass is 184 g/mol. The molecule has 0 saturated carbocycles. The number of nitrogens with zero attached hydrogens (tertiary/aromatic N) is 2. The first-order chi connectivity index (χ1) is 6.27. The highest BCUT2D eigenvalue weighted by Gasteiger charge is 2.03. The number of hydrogen-bond donors (Lipinski definition) is 2. The summed E-state index contributed by atoms with van der Waals surface area (Å²) in [4.78, 5) is 7.71. The smallest absolute Gasteiger partial charge is 0.224 e. The lowest BCUT2D eigenvalue weighted by atomic mass is 10.5. The summed E-state index contributed by atoms with van der Waals surface area (Å²) in [6.45, 7) is 2.82. The van der Waals surface area contributed by atoms with Crippen molar-refractivity contribution in [2.75, 3.05) is 24.2 Å². The van der Waals surface area contributed by atoms with Crippen LogP contribution in [0.3, 0.4) is 0 Å². The summed E-state index contributed by atoms with van der Waals surface area (Å²) in [7, 11) is 1.62. The molecule has 1 aromatic rings. The minimum absolute atomic E-state index is 0.216. The number of nitrogens with one attached hydrogen (secondary N) is 2. The Morgan fingerprint density at radius 1 is 1.54 bits per heavy atom. The van der Waals surface area contributed by atoms with Crippen molar-refractivity contribution in [3.8, 4) is 0 Å². The Labute approximate surface area is 76.6 Å². The van der Waals surface area contributed by atoms with Gasteiger partial charge in [0, 0.05) is 13.6 Å². The molecule has 0 aliphatic rings. The molecule has 0 aliphatic heterocycles. The number of anilines is 2. The molecule has 0 bridgehead atoms. The second-order valence-electron chi connectivity index (χ2n) is 2.57. The third-order valence-electron chi connectivity index (χ3n) is 1.51. The van der Waals surface area contributed by atoms with Gasteiger partial charge >= 0.3 is 0 Å². The molecule has 0 aliphatic carbocycles. The van der Waals surface area contributed by atoms with Gasteiger partial charge in [0.1, 0.15) is 0 Å². The van der Waals surface area contributed by atoms with E-state index in [-0.39, 0.29) is 5.82 Å². The average molecular weight is 184 g/mol. The van der Waals surface area contributed by atoms with Crippen molar-refractivity contribution in [2.45, 2.75) is 13.3 Å². The molecule has 1 rings (SSSR count). The zero-order chi connectivity index (χ0) is 9.68. The van der Waals surface area contributed by atoms with E-state index in [1.807, 2.05) is 6.92 Å². The van der Waals surface area contributed by atoms with Gasteiger partial charge in [-0.3, -0.25) is 0 Å². The van der Waals surface area contributed by atoms with E-state index in [2.05, 4.69) is 20.6 Å². The van der Waals surface area contributed by atoms with Gasteiger partial charge in [-0.2, -0.15) is 4.98 Å². The van der Waals surface area contributed by atoms with E-state index in [1.54, 1.807) is 7.05 Å². The van der Waals surface area contributed by atoms with Gasteiger partial charge in [0.15, 0.2) is 11.6 Å². The predicted molar refractivity (Wildman–Crippen MR) is 50.3 cm³/mol. The van der Waals surface area contributed by atoms with Crippen molar-refractivity contribution in [3.63, 3.8) is 0 Å². The molecule has 0 unspecified atom stereocenters. The van der Waals surface area contributed by atoms with E-state index in [4.69, 9.17) is 0 Å². The third kappa shape index (κ3) is 2.54. The van der Waals surface area contributed by atoms with Crippen molar-refractivity contribution in [2.24, 2.45) is 0 Å². The molecule has 2 N–H and O–H groups in total. The van der Waals surface area contributed by atoms with Gasteiger partial charge in [0.2, 0.25) is 5.95 Å². The Morgan fingerprint density at radius 2 is 2.31 bits per heavy atom. The molecular formula is C8H13FN4. The molecule has 1 heterocycles. The van der Waals surface area contributed by atoms with Gasteiger partial charge in [-0.25, -0.2) is 9.37 Å². The molecule has 0 saturated heterocycles. The molecule has 5 heteroatoms. The van der Waals surface area contributed by atoms with Gasteiger partial charge < -0.3 is 10.6 Å². The summed E-state index contributed by atoms with van der Waals surface area (Å²) in [6.07, 6.45) is 2.13. The lowest BCUT2D eigenvalue weighted by Crippen LogP contribution is -2.07. The Hall–Kier alpha value is -1.39. The fourth-order valence-electron chi connectivity index (χ4n) is 0.864. The van der Waals surface area contributed by atoms with Crippen molar-refractivity contribution >= 4 is 11.8 Å². The second kappa shape index (κ2) is 4.59. The van der Waals surface area contributed by atoms with Crippen molar-refractivity contribution < 1.29 is 4.39 Å². The summed E-state index contributed by atoms with van der Waals surface area (Å²) in [5, 5.41) is 5.61. The van der Waals surface area contributed by atoms with Crippen molar-refractivity contribution in [1.82, 2.24) is 9.97 Å². The summed E-state index contributed by atoms with van der Waals surface area (Å²) in [5.74, 6) is 0.228. The third-order valence-corrected chi connectivity index (χ3v) is 1.51. The largest absolute Gasteiger partial charge is 0.371 e. The summed E-state index contributed by atoms with van der Waals surface area (Å²) in [6, 6.07) is 0. The average Bonchev–Trinajstić information content (AvgIpc) is 2.16. The molecule has 0 atom stereocenters. The van der Waals surface area contributed by atoms with Crippen LogP contribution in [0.2, 0.25) is 0 Å². The summed E-state index contributed by atoms with van der Waals surface area (Å²) < 4.78 is 12.9. The second-order valence-corrected chi connectivity index (χ2v) is 2.57. The highest BCUT2D eigenvalue weighted by Crippen LogP contribution is 2.10. The van der Waals surface area contributed by atoms with Crippen LogP contribution >= 0.6 is 0 Å². The van der Waals surface area contributed by atoms with E-state index < -0.39 is 5.82 Å². The fraction of sp³-hybridized carbons (Fsp3) is 0.500. The topological polar surface area (TPSA) is 49.8 Å². The van der Waals surface area contributed by atoms with Crippen LogP contribution in [0, 0.1) is 5.82 Å². The predicted octanol–water partition coefficient (Wildman–Crippen LogP) is 1.48. The molecule has 0 aromatic carbocycles. The molecule has 72 valence electrons. The van der Waals surface area contributed by atoms with Crippen molar-refractivity contribution in [3.05, 3.63) is 12.0 Å². The first kappa shape index (κ1) is 9.70. The molecule has 0 amide bonds. The number of hydrogen-bond acceptors (Lipinski definition) is 4. The van der Waals surface area contributed by atoms with Crippen LogP contribution in [0.1, 0.15) is 13.3 Å². The van der Waals surface area contributed by atoms with Crippen LogP contribution in [-0.4, -0.2) is 23.6 Å². The van der Waals surface area contributed by atoms with E-state index in [1.165, 1.54) is 0 Å². The van der Waals surface area contributed by atoms with Gasteiger partial charge in [0.25, 0.3) is 0 Å². The zero-order valence-electron chi connectivity index (χ0n) is 7.76. The molecule has 13 heavy (non-hydrogen) atoms. The highest BCUT2D eigenvalue weighted by atomic mass is 19.1. The minimum atomic E-state index is -0.440. The maximum Gasteiger partial charge on any atom is 0.224 e. The molecule has 0 fully saturated rings. The molecule has 0 radical (unpaired) electrons. The van der Waals surface area contributed by atoms with Crippen LogP contribution in [0.25, 0.3) is 0 Å². The molecule has 0 spiro atoms. The van der Waals surface area contributed by atoms with Crippen LogP contribution in [0.4, 0.5) is 16.2 Å². The van der Waals surface area contributed by atoms with Crippen LogP contribution in [-0.2, 0) is 0 Å². The summed E-state index contributed by atoms with van der Waals surface area (Å²) in [5.41, 5.74) is 0. The summed E-state index contributed by atoms with van der Waals surface area (Å²) >= 11 is 0. The number of halogens is 1. The van der Waals surface area contributed by atoms with Gasteiger partial charge in [-0.05, 0) is 6.42 Å². The standard InChI is InChI=1S/C8H13FN4/c1-3-4-11-8-12-5-6(9)7(10-2)13-8/h5H,3-4H2,1-2H3,(H2,10,11,12,13). The van der Waals surface area contributed by atoms with E-state index in [0.29, 0.717) is 5.95 Å². The van der Waals surface area contributed by atoms with Crippen LogP contribution < -0.4 is 10.6 Å². The Morgan fingerprint density at radius 3 is 2.92 bits per heavy atom. The number of rotatable bonds is 4. The minimum Gasteiger partial charge on any atom is -0.371 e. The fourth-order valence-corrected chi connectivity index (χ4v) is 0.864. The zero-order valence-corrected chi connectivity index (χ0v) is 7.76. The Balaban J connectivity index is 2.74. The normalized spacial score (nSPS) is 9.77. The number of aromatic nitrogens is 2. The first-order valence-corrected chi connectivity index (χ1v) is 4.22. The molecule has 1 aromatic heterocycles. The van der Waals surface area contributed by atoms with Gasteiger partial charge in [0.05, 0.1) is 6.20 Å². The Bertz CT molecular complexity index is 277. The van der Waals surface area contributed by atoms with E-state index >= 15 is 0 Å². The van der Waals surface area contributed by atoms with Crippen LogP contribution in [0.5, 0.6) is 0 Å². The van der Waals surface area contributed by atoms with Gasteiger partial charge in [-0.1, -0.05) is 6.92 Å². The van der Waals surface area contributed by atoms with E-state index in [9.17, 15) is 4.39 Å². The quantitative estimate of drug-likeness (QED) is 0.744. The maximum absolute atomic E-state index is 12.9. The highest BCUT2D eigenvalue weighted by molar-refractivity contribution is 5.40. The van der Waals surface area contributed by atoms with Crippen LogP contribution in [0.15, 0.2) is 6.20 Å². The maximum atomic E-state index is 12.9. The Kier molecular flexibility index (Phi) is 3.42. The van der Waals surface area contributed by atoms with Crippen molar-refractivity contribution in [1.29, 1.82) is 0 Å². The first-order valence-electron chi connectivity index (χ1n) is 4.22. The lowest BCUT2D eigenvalue weighted by molar-refractivity contribution is 0.618. The lowest BCUT2D eigenvalue weighted by Gasteiger charge is -2.05. The molecular weight excluding hydrogens is 171 g/mol. The SMILES string of the molecule is CCCNc1ncc(F)c(NC)n1. The van der Waals surface area contributed by atoms with E-state index in [0.717, 1.165) is 19.2 Å². The van der Waals surface area contributed by atoms with Gasteiger partial charge in [-0.15, -0.1) is 0 Å².